The highest BCUT2D eigenvalue weighted by Crippen LogP contribution is 2.30. The van der Waals surface area contributed by atoms with E-state index in [9.17, 15) is 9.59 Å². The van der Waals surface area contributed by atoms with Crippen LogP contribution in [-0.4, -0.2) is 68.7 Å². The second kappa shape index (κ2) is 8.97. The number of carbonyl (C=O) groups excluding carboxylic acids is 2. The molecule has 2 fully saturated rings. The number of hydrogen-bond acceptors (Lipinski definition) is 4. The Labute approximate surface area is 160 Å². The zero-order valence-corrected chi connectivity index (χ0v) is 16.2. The average Bonchev–Trinajstić information content (AvgIpc) is 3.25. The lowest BCUT2D eigenvalue weighted by atomic mass is 9.98. The predicted molar refractivity (Wildman–Crippen MR) is 102 cm³/mol. The zero-order chi connectivity index (χ0) is 19.2. The first-order chi connectivity index (χ1) is 13.1. The van der Waals surface area contributed by atoms with Gasteiger partial charge < -0.3 is 24.6 Å². The van der Waals surface area contributed by atoms with Gasteiger partial charge in [-0.05, 0) is 43.7 Å². The van der Waals surface area contributed by atoms with Crippen molar-refractivity contribution >= 4 is 11.9 Å². The van der Waals surface area contributed by atoms with Crippen LogP contribution in [0.5, 0.6) is 11.5 Å². The molecule has 0 aromatic heterocycles. The largest absolute Gasteiger partial charge is 0.493 e. The van der Waals surface area contributed by atoms with E-state index in [0.717, 1.165) is 45.3 Å². The number of nitrogens with one attached hydrogen (secondary N) is 1. The molecule has 0 aliphatic carbocycles. The van der Waals surface area contributed by atoms with Crippen LogP contribution in [0.4, 0.5) is 4.79 Å². The molecule has 1 atom stereocenters. The van der Waals surface area contributed by atoms with E-state index in [1.807, 2.05) is 9.80 Å². The van der Waals surface area contributed by atoms with E-state index in [4.69, 9.17) is 9.47 Å². The predicted octanol–water partition coefficient (Wildman–Crippen LogP) is 2.36. The Morgan fingerprint density at radius 3 is 2.52 bits per heavy atom. The summed E-state index contributed by atoms with van der Waals surface area (Å²) in [5, 5.41) is 3.00. The van der Waals surface area contributed by atoms with Crippen molar-refractivity contribution < 1.29 is 19.1 Å². The maximum atomic E-state index is 12.6. The number of amides is 3. The van der Waals surface area contributed by atoms with Gasteiger partial charge in [0.1, 0.15) is 0 Å². The van der Waals surface area contributed by atoms with Crippen LogP contribution in [-0.2, 0) is 0 Å². The normalized spacial score (nSPS) is 19.7. The Kier molecular flexibility index (Phi) is 6.42. The molecule has 3 amide bonds. The van der Waals surface area contributed by atoms with Gasteiger partial charge in [-0.2, -0.15) is 0 Å². The molecule has 148 valence electrons. The molecule has 27 heavy (non-hydrogen) atoms. The number of nitrogens with zero attached hydrogens (tertiary/aromatic N) is 2. The number of piperidine rings is 1. The summed E-state index contributed by atoms with van der Waals surface area (Å²) in [5.41, 5.74) is 0.456. The highest BCUT2D eigenvalue weighted by atomic mass is 16.5. The van der Waals surface area contributed by atoms with Crippen molar-refractivity contribution in [1.82, 2.24) is 15.1 Å². The first-order valence-electron chi connectivity index (χ1n) is 9.67. The second-order valence-corrected chi connectivity index (χ2v) is 7.18. The summed E-state index contributed by atoms with van der Waals surface area (Å²) < 4.78 is 10.6. The highest BCUT2D eigenvalue weighted by Gasteiger charge is 2.28. The summed E-state index contributed by atoms with van der Waals surface area (Å²) in [6.45, 7) is 3.79. The first kappa shape index (κ1) is 19.3. The summed E-state index contributed by atoms with van der Waals surface area (Å²) in [5.74, 6) is 1.05. The fourth-order valence-corrected chi connectivity index (χ4v) is 3.91. The number of carbonyl (C=O) groups is 2. The van der Waals surface area contributed by atoms with Gasteiger partial charge in [0, 0.05) is 32.7 Å². The first-order valence-corrected chi connectivity index (χ1v) is 9.67. The van der Waals surface area contributed by atoms with Crippen LogP contribution < -0.4 is 14.8 Å². The van der Waals surface area contributed by atoms with E-state index >= 15 is 0 Å². The molecule has 0 spiro atoms. The molecule has 2 aliphatic heterocycles. The van der Waals surface area contributed by atoms with Gasteiger partial charge in [-0.1, -0.05) is 6.07 Å². The van der Waals surface area contributed by atoms with E-state index in [0.29, 0.717) is 30.2 Å². The number of urea groups is 1. The quantitative estimate of drug-likeness (QED) is 0.858. The maximum Gasteiger partial charge on any atom is 0.320 e. The molecule has 2 aliphatic rings. The Bertz CT molecular complexity index is 673. The lowest BCUT2D eigenvalue weighted by molar-refractivity contribution is 0.0930. The number of methoxy groups -OCH3 is 2. The fraction of sp³-hybridized carbons (Fsp3) is 0.600. The molecule has 0 radical (unpaired) electrons. The lowest BCUT2D eigenvalue weighted by Crippen LogP contribution is -2.48. The van der Waals surface area contributed by atoms with Gasteiger partial charge in [0.05, 0.1) is 19.8 Å². The van der Waals surface area contributed by atoms with Crippen LogP contribution in [0.1, 0.15) is 36.0 Å². The van der Waals surface area contributed by atoms with Crippen molar-refractivity contribution in [1.29, 1.82) is 0 Å². The minimum Gasteiger partial charge on any atom is -0.493 e. The summed E-state index contributed by atoms with van der Waals surface area (Å²) >= 11 is 0. The van der Waals surface area contributed by atoms with Crippen LogP contribution in [0.2, 0.25) is 0 Å². The van der Waals surface area contributed by atoms with E-state index in [1.54, 1.807) is 25.3 Å². The molecule has 2 saturated heterocycles. The van der Waals surface area contributed by atoms with Gasteiger partial charge >= 0.3 is 6.03 Å². The van der Waals surface area contributed by atoms with Crippen molar-refractivity contribution in [2.24, 2.45) is 5.92 Å². The SMILES string of the molecule is COc1cccc(C(=O)NCC2CCCN(C(=O)N3CCCC3)C2)c1OC. The summed E-state index contributed by atoms with van der Waals surface area (Å²) in [7, 11) is 3.07. The molecule has 1 N–H and O–H groups in total. The van der Waals surface area contributed by atoms with Gasteiger partial charge in [0.25, 0.3) is 5.91 Å². The van der Waals surface area contributed by atoms with E-state index in [-0.39, 0.29) is 17.9 Å². The molecule has 1 aromatic carbocycles. The molecular weight excluding hydrogens is 346 g/mol. The summed E-state index contributed by atoms with van der Waals surface area (Å²) in [6, 6.07) is 5.41. The Hall–Kier alpha value is -2.44. The average molecular weight is 375 g/mol. The molecule has 3 rings (SSSR count). The number of benzene rings is 1. The third kappa shape index (κ3) is 4.46. The lowest BCUT2D eigenvalue weighted by Gasteiger charge is -2.35. The Morgan fingerprint density at radius 1 is 1.07 bits per heavy atom. The molecule has 2 heterocycles. The molecule has 7 nitrogen and oxygen atoms in total. The smallest absolute Gasteiger partial charge is 0.320 e. The second-order valence-electron chi connectivity index (χ2n) is 7.18. The van der Waals surface area contributed by atoms with Gasteiger partial charge in [-0.15, -0.1) is 0 Å². The number of para-hydroxylation sites is 1. The number of rotatable bonds is 5. The van der Waals surface area contributed by atoms with Crippen molar-refractivity contribution in [3.8, 4) is 11.5 Å². The fourth-order valence-electron chi connectivity index (χ4n) is 3.91. The minimum absolute atomic E-state index is 0.151. The third-order valence-corrected chi connectivity index (χ3v) is 5.36. The summed E-state index contributed by atoms with van der Waals surface area (Å²) in [6.07, 6.45) is 4.19. The third-order valence-electron chi connectivity index (χ3n) is 5.36. The standard InChI is InChI=1S/C20H29N3O4/c1-26-17-9-5-8-16(18(17)27-2)19(24)21-13-15-7-6-12-23(14-15)20(25)22-10-3-4-11-22/h5,8-9,15H,3-4,6-7,10-14H2,1-2H3,(H,21,24). The van der Waals surface area contributed by atoms with E-state index < -0.39 is 0 Å². The van der Waals surface area contributed by atoms with Crippen molar-refractivity contribution in [3.63, 3.8) is 0 Å². The zero-order valence-electron chi connectivity index (χ0n) is 16.2. The molecule has 7 heteroatoms. The van der Waals surface area contributed by atoms with Crippen LogP contribution in [0.3, 0.4) is 0 Å². The van der Waals surface area contributed by atoms with Crippen LogP contribution >= 0.6 is 0 Å². The van der Waals surface area contributed by atoms with Crippen molar-refractivity contribution in [3.05, 3.63) is 23.8 Å². The van der Waals surface area contributed by atoms with Crippen molar-refractivity contribution in [2.75, 3.05) is 46.9 Å². The van der Waals surface area contributed by atoms with E-state index in [2.05, 4.69) is 5.32 Å². The minimum atomic E-state index is -0.186. The number of hydrogen-bond donors (Lipinski definition) is 1. The van der Waals surface area contributed by atoms with Crippen LogP contribution in [0.15, 0.2) is 18.2 Å². The molecule has 1 aromatic rings. The highest BCUT2D eigenvalue weighted by molar-refractivity contribution is 5.97. The Morgan fingerprint density at radius 2 is 1.81 bits per heavy atom. The maximum absolute atomic E-state index is 12.6. The Balaban J connectivity index is 1.56. The van der Waals surface area contributed by atoms with E-state index in [1.165, 1.54) is 7.11 Å². The van der Waals surface area contributed by atoms with Crippen LogP contribution in [0.25, 0.3) is 0 Å². The molecule has 0 bridgehead atoms. The number of ether oxygens (including phenoxy) is 2. The molecule has 0 saturated carbocycles. The van der Waals surface area contributed by atoms with Gasteiger partial charge in [0.15, 0.2) is 11.5 Å². The van der Waals surface area contributed by atoms with Gasteiger partial charge in [-0.3, -0.25) is 4.79 Å². The monoisotopic (exact) mass is 375 g/mol. The summed E-state index contributed by atoms with van der Waals surface area (Å²) in [4.78, 5) is 29.1. The molecule has 1 unspecified atom stereocenters. The van der Waals surface area contributed by atoms with Crippen molar-refractivity contribution in [2.45, 2.75) is 25.7 Å². The number of likely N-dealkylation sites (tertiary alicyclic amines) is 2. The topological polar surface area (TPSA) is 71.1 Å². The van der Waals surface area contributed by atoms with Gasteiger partial charge in [0.2, 0.25) is 0 Å². The van der Waals surface area contributed by atoms with Gasteiger partial charge in [-0.25, -0.2) is 4.79 Å². The van der Waals surface area contributed by atoms with Crippen LogP contribution in [0, 0.1) is 5.92 Å². The molecular formula is C20H29N3O4.